The largest absolute Gasteiger partial charge is 0.480 e. The van der Waals surface area contributed by atoms with Gasteiger partial charge in [-0.15, -0.1) is 0 Å². The quantitative estimate of drug-likeness (QED) is 0.633. The molecule has 3 atom stereocenters. The fourth-order valence-electron chi connectivity index (χ4n) is 1.40. The number of amides is 2. The van der Waals surface area contributed by atoms with Gasteiger partial charge in [-0.3, -0.25) is 0 Å². The van der Waals surface area contributed by atoms with Crippen LogP contribution in [0.2, 0.25) is 0 Å². The molecule has 106 valence electrons. The maximum absolute atomic E-state index is 11.7. The Hall–Kier alpha value is -0.910. The number of carbonyl (C=O) groups is 2. The van der Waals surface area contributed by atoms with Gasteiger partial charge in [0.2, 0.25) is 0 Å². The van der Waals surface area contributed by atoms with Gasteiger partial charge in [0.15, 0.2) is 0 Å². The molecule has 0 bridgehead atoms. The summed E-state index contributed by atoms with van der Waals surface area (Å²) in [7, 11) is 0. The third kappa shape index (κ3) is 6.74. The van der Waals surface area contributed by atoms with Gasteiger partial charge in [0.1, 0.15) is 6.04 Å². The van der Waals surface area contributed by atoms with Crippen LogP contribution in [0.3, 0.4) is 0 Å². The lowest BCUT2D eigenvalue weighted by Crippen LogP contribution is -2.49. The number of urea groups is 1. The van der Waals surface area contributed by atoms with Crippen molar-refractivity contribution in [1.29, 1.82) is 0 Å². The third-order valence-corrected chi connectivity index (χ3v) is 3.71. The summed E-state index contributed by atoms with van der Waals surface area (Å²) in [4.78, 5) is 22.6. The number of aliphatic carboxylic acids is 1. The summed E-state index contributed by atoms with van der Waals surface area (Å²) in [5, 5.41) is 14.3. The lowest BCUT2D eigenvalue weighted by molar-refractivity contribution is -0.139. The Morgan fingerprint density at radius 3 is 2.33 bits per heavy atom. The Balaban J connectivity index is 4.21. The van der Waals surface area contributed by atoms with Gasteiger partial charge in [-0.2, -0.15) is 11.8 Å². The summed E-state index contributed by atoms with van der Waals surface area (Å²) < 4.78 is 0. The summed E-state index contributed by atoms with van der Waals surface area (Å²) >= 11 is 1.56. The van der Waals surface area contributed by atoms with Crippen molar-refractivity contribution >= 4 is 23.8 Å². The van der Waals surface area contributed by atoms with Gasteiger partial charge in [-0.25, -0.2) is 9.59 Å². The zero-order valence-electron chi connectivity index (χ0n) is 11.5. The molecule has 0 aromatic heterocycles. The summed E-state index contributed by atoms with van der Waals surface area (Å²) in [5.41, 5.74) is 0. The van der Waals surface area contributed by atoms with Crippen LogP contribution in [0.25, 0.3) is 0 Å². The maximum atomic E-state index is 11.7. The van der Waals surface area contributed by atoms with Crippen LogP contribution in [0.15, 0.2) is 0 Å². The van der Waals surface area contributed by atoms with Crippen LogP contribution in [0.5, 0.6) is 0 Å². The standard InChI is InChI=1S/C12H24N2O3S/c1-5-8(2)9(3)13-12(17)14-10(11(15)16)6-7-18-4/h8-10H,5-7H2,1-4H3,(H,15,16)(H2,13,14,17)/t8?,9?,10-/m0/s1. The van der Waals surface area contributed by atoms with Crippen molar-refractivity contribution in [3.8, 4) is 0 Å². The second-order valence-corrected chi connectivity index (χ2v) is 5.45. The van der Waals surface area contributed by atoms with Crippen LogP contribution in [0.4, 0.5) is 4.79 Å². The fourth-order valence-corrected chi connectivity index (χ4v) is 1.87. The molecule has 18 heavy (non-hydrogen) atoms. The number of hydrogen-bond donors (Lipinski definition) is 3. The van der Waals surface area contributed by atoms with E-state index in [9.17, 15) is 9.59 Å². The highest BCUT2D eigenvalue weighted by Gasteiger charge is 2.21. The van der Waals surface area contributed by atoms with Crippen molar-refractivity contribution in [3.05, 3.63) is 0 Å². The first-order chi connectivity index (χ1) is 8.42. The van der Waals surface area contributed by atoms with E-state index in [1.54, 1.807) is 11.8 Å². The van der Waals surface area contributed by atoms with Crippen LogP contribution in [-0.2, 0) is 4.79 Å². The second-order valence-electron chi connectivity index (χ2n) is 4.46. The number of rotatable bonds is 8. The van der Waals surface area contributed by atoms with Gasteiger partial charge in [0, 0.05) is 6.04 Å². The van der Waals surface area contributed by atoms with E-state index in [1.165, 1.54) is 0 Å². The lowest BCUT2D eigenvalue weighted by Gasteiger charge is -2.22. The van der Waals surface area contributed by atoms with E-state index in [4.69, 9.17) is 5.11 Å². The monoisotopic (exact) mass is 276 g/mol. The van der Waals surface area contributed by atoms with Gasteiger partial charge >= 0.3 is 12.0 Å². The fraction of sp³-hybridized carbons (Fsp3) is 0.833. The van der Waals surface area contributed by atoms with E-state index in [-0.39, 0.29) is 6.04 Å². The van der Waals surface area contributed by atoms with E-state index < -0.39 is 18.0 Å². The molecule has 0 rings (SSSR count). The molecule has 0 aromatic carbocycles. The molecule has 2 unspecified atom stereocenters. The second kappa shape index (κ2) is 9.08. The molecular weight excluding hydrogens is 252 g/mol. The highest BCUT2D eigenvalue weighted by atomic mass is 32.2. The molecule has 5 nitrogen and oxygen atoms in total. The van der Waals surface area contributed by atoms with Crippen LogP contribution < -0.4 is 10.6 Å². The highest BCUT2D eigenvalue weighted by Crippen LogP contribution is 2.06. The Bertz CT molecular complexity index is 274. The number of hydrogen-bond acceptors (Lipinski definition) is 3. The summed E-state index contributed by atoms with van der Waals surface area (Å²) in [6, 6.07) is -1.19. The third-order valence-electron chi connectivity index (χ3n) is 3.07. The topological polar surface area (TPSA) is 78.4 Å². The number of carboxylic acids is 1. The van der Waals surface area contributed by atoms with Crippen LogP contribution >= 0.6 is 11.8 Å². The Morgan fingerprint density at radius 2 is 1.89 bits per heavy atom. The van der Waals surface area contributed by atoms with E-state index in [0.717, 1.165) is 6.42 Å². The molecule has 0 aliphatic heterocycles. The molecule has 2 amide bonds. The zero-order chi connectivity index (χ0) is 14.1. The molecule has 0 heterocycles. The van der Waals surface area contributed by atoms with E-state index in [0.29, 0.717) is 18.1 Å². The summed E-state index contributed by atoms with van der Waals surface area (Å²) in [6.45, 7) is 6.03. The van der Waals surface area contributed by atoms with Crippen molar-refractivity contribution in [1.82, 2.24) is 10.6 Å². The molecule has 0 aliphatic carbocycles. The van der Waals surface area contributed by atoms with E-state index in [2.05, 4.69) is 17.6 Å². The molecule has 0 saturated heterocycles. The molecule has 0 aromatic rings. The first kappa shape index (κ1) is 17.1. The molecule has 0 saturated carbocycles. The predicted octanol–water partition coefficient (Wildman–Crippen LogP) is 1.93. The number of carboxylic acid groups (broad SMARTS) is 1. The van der Waals surface area contributed by atoms with Gasteiger partial charge in [0.25, 0.3) is 0 Å². The molecule has 0 spiro atoms. The minimum atomic E-state index is -0.990. The Morgan fingerprint density at radius 1 is 1.28 bits per heavy atom. The smallest absolute Gasteiger partial charge is 0.326 e. The number of carbonyl (C=O) groups excluding carboxylic acids is 1. The molecule has 3 N–H and O–H groups in total. The van der Waals surface area contributed by atoms with E-state index >= 15 is 0 Å². The van der Waals surface area contributed by atoms with Gasteiger partial charge in [-0.05, 0) is 31.3 Å². The average molecular weight is 276 g/mol. The van der Waals surface area contributed by atoms with Crippen LogP contribution in [-0.4, -0.2) is 41.2 Å². The zero-order valence-corrected chi connectivity index (χ0v) is 12.3. The SMILES string of the molecule is CCC(C)C(C)NC(=O)N[C@@H](CCSC)C(=O)O. The predicted molar refractivity (Wildman–Crippen MR) is 75.0 cm³/mol. The minimum absolute atomic E-state index is 0.0324. The van der Waals surface area contributed by atoms with Crippen molar-refractivity contribution in [2.75, 3.05) is 12.0 Å². The molecule has 0 fully saturated rings. The average Bonchev–Trinajstić information content (AvgIpc) is 2.32. The number of nitrogens with one attached hydrogen (secondary N) is 2. The lowest BCUT2D eigenvalue weighted by atomic mass is 10.0. The molecular formula is C12H24N2O3S. The van der Waals surface area contributed by atoms with Gasteiger partial charge in [0.05, 0.1) is 0 Å². The Kier molecular flexibility index (Phi) is 8.62. The van der Waals surface area contributed by atoms with Crippen molar-refractivity contribution < 1.29 is 14.7 Å². The minimum Gasteiger partial charge on any atom is -0.480 e. The normalized spacial score (nSPS) is 15.6. The maximum Gasteiger partial charge on any atom is 0.326 e. The summed E-state index contributed by atoms with van der Waals surface area (Å²) in [5.74, 6) is 0.0821. The van der Waals surface area contributed by atoms with Gasteiger partial charge in [-0.1, -0.05) is 20.3 Å². The first-order valence-electron chi connectivity index (χ1n) is 6.21. The Labute approximate surface area is 113 Å². The highest BCUT2D eigenvalue weighted by molar-refractivity contribution is 7.98. The van der Waals surface area contributed by atoms with Crippen LogP contribution in [0.1, 0.15) is 33.6 Å². The van der Waals surface area contributed by atoms with Crippen molar-refractivity contribution in [2.24, 2.45) is 5.92 Å². The molecule has 6 heteroatoms. The summed E-state index contributed by atoms with van der Waals surface area (Å²) in [6.07, 6.45) is 3.31. The van der Waals surface area contributed by atoms with Crippen molar-refractivity contribution in [3.63, 3.8) is 0 Å². The number of thioether (sulfide) groups is 1. The molecule has 0 radical (unpaired) electrons. The molecule has 0 aliphatic rings. The van der Waals surface area contributed by atoms with Crippen molar-refractivity contribution in [2.45, 2.75) is 45.7 Å². The van der Waals surface area contributed by atoms with E-state index in [1.807, 2.05) is 20.1 Å². The van der Waals surface area contributed by atoms with Crippen LogP contribution in [0, 0.1) is 5.92 Å². The first-order valence-corrected chi connectivity index (χ1v) is 7.60. The van der Waals surface area contributed by atoms with Gasteiger partial charge < -0.3 is 15.7 Å².